The Morgan fingerprint density at radius 1 is 0.846 bits per heavy atom. The monoisotopic (exact) mass is 397 g/mol. The molecular weight excluding hydrogens is 381 g/mol. The minimum atomic E-state index is -0.310. The van der Waals surface area contributed by atoms with Gasteiger partial charge in [0.05, 0.1) is 0 Å². The largest absolute Gasteiger partial charge is 0.338 e. The number of halogens is 2. The Kier molecular flexibility index (Phi) is 5.48. The van der Waals surface area contributed by atoms with Gasteiger partial charge in [-0.15, -0.1) is 0 Å². The third-order valence-electron chi connectivity index (χ3n) is 4.48. The van der Waals surface area contributed by atoms with Crippen LogP contribution in [0, 0.1) is 0 Å². The average molecular weight is 398 g/mol. The molecule has 0 spiro atoms. The summed E-state index contributed by atoms with van der Waals surface area (Å²) in [5, 5.41) is 0.768. The van der Waals surface area contributed by atoms with E-state index in [-0.39, 0.29) is 43.0 Å². The molecule has 2 saturated heterocycles. The fourth-order valence-corrected chi connectivity index (χ4v) is 3.58. The molecule has 9 heteroatoms. The molecule has 0 bridgehead atoms. The summed E-state index contributed by atoms with van der Waals surface area (Å²) in [6.07, 6.45) is 0.327. The molecule has 4 amide bonds. The van der Waals surface area contributed by atoms with E-state index >= 15 is 0 Å². The van der Waals surface area contributed by atoms with E-state index in [0.717, 1.165) is 4.90 Å². The van der Waals surface area contributed by atoms with Crippen LogP contribution >= 0.6 is 23.2 Å². The molecule has 2 aliphatic rings. The SMILES string of the molecule is O=C(CN1C(=O)CCC1=O)N1CCN(C(=O)c2cc(Cl)cc(Cl)c2)CC1. The summed E-state index contributed by atoms with van der Waals surface area (Å²) in [5.41, 5.74) is 0.399. The highest BCUT2D eigenvalue weighted by molar-refractivity contribution is 6.35. The highest BCUT2D eigenvalue weighted by Gasteiger charge is 2.33. The molecule has 1 aromatic rings. The van der Waals surface area contributed by atoms with Crippen LogP contribution in [-0.2, 0) is 14.4 Å². The number of likely N-dealkylation sites (tertiary alicyclic amines) is 1. The van der Waals surface area contributed by atoms with Gasteiger partial charge < -0.3 is 9.80 Å². The Morgan fingerprint density at radius 3 is 1.88 bits per heavy atom. The van der Waals surface area contributed by atoms with E-state index in [4.69, 9.17) is 23.2 Å². The van der Waals surface area contributed by atoms with Gasteiger partial charge in [0.2, 0.25) is 17.7 Å². The fraction of sp³-hybridized carbons (Fsp3) is 0.412. The van der Waals surface area contributed by atoms with Crippen LogP contribution < -0.4 is 0 Å². The lowest BCUT2D eigenvalue weighted by molar-refractivity contribution is -0.146. The summed E-state index contributed by atoms with van der Waals surface area (Å²) >= 11 is 11.9. The van der Waals surface area contributed by atoms with Crippen molar-refractivity contribution >= 4 is 46.8 Å². The predicted molar refractivity (Wildman–Crippen MR) is 94.9 cm³/mol. The van der Waals surface area contributed by atoms with E-state index in [2.05, 4.69) is 0 Å². The van der Waals surface area contributed by atoms with Crippen molar-refractivity contribution in [2.75, 3.05) is 32.7 Å². The van der Waals surface area contributed by atoms with Gasteiger partial charge in [0.15, 0.2) is 0 Å². The quantitative estimate of drug-likeness (QED) is 0.722. The Hall–Kier alpha value is -2.12. The fourth-order valence-electron chi connectivity index (χ4n) is 3.05. The Bertz CT molecular complexity index is 739. The minimum Gasteiger partial charge on any atom is -0.338 e. The van der Waals surface area contributed by atoms with Crippen molar-refractivity contribution in [3.63, 3.8) is 0 Å². The molecule has 26 heavy (non-hydrogen) atoms. The van der Waals surface area contributed by atoms with Crippen LogP contribution in [-0.4, -0.2) is 71.1 Å². The maximum Gasteiger partial charge on any atom is 0.254 e. The van der Waals surface area contributed by atoms with Crippen LogP contribution in [0.4, 0.5) is 0 Å². The highest BCUT2D eigenvalue weighted by atomic mass is 35.5. The van der Waals surface area contributed by atoms with Crippen LogP contribution in [0.15, 0.2) is 18.2 Å². The van der Waals surface area contributed by atoms with Crippen LogP contribution in [0.2, 0.25) is 10.0 Å². The van der Waals surface area contributed by atoms with Crippen LogP contribution in [0.3, 0.4) is 0 Å². The lowest BCUT2D eigenvalue weighted by Gasteiger charge is -2.35. The van der Waals surface area contributed by atoms with Gasteiger partial charge in [-0.2, -0.15) is 0 Å². The van der Waals surface area contributed by atoms with Crippen molar-refractivity contribution in [2.45, 2.75) is 12.8 Å². The van der Waals surface area contributed by atoms with Gasteiger partial charge in [-0.05, 0) is 18.2 Å². The average Bonchev–Trinajstić information content (AvgIpc) is 2.92. The number of rotatable bonds is 3. The smallest absolute Gasteiger partial charge is 0.254 e. The molecule has 0 saturated carbocycles. The number of nitrogens with zero attached hydrogens (tertiary/aromatic N) is 3. The van der Waals surface area contributed by atoms with E-state index in [1.807, 2.05) is 0 Å². The summed E-state index contributed by atoms with van der Waals surface area (Å²) < 4.78 is 0. The lowest BCUT2D eigenvalue weighted by Crippen LogP contribution is -2.53. The van der Waals surface area contributed by atoms with Gasteiger partial charge in [0, 0.05) is 54.6 Å². The zero-order valence-corrected chi connectivity index (χ0v) is 15.4. The Labute approximate surface area is 160 Å². The number of hydrogen-bond donors (Lipinski definition) is 0. The molecule has 0 N–H and O–H groups in total. The van der Waals surface area contributed by atoms with Crippen molar-refractivity contribution < 1.29 is 19.2 Å². The maximum absolute atomic E-state index is 12.6. The predicted octanol–water partition coefficient (Wildman–Crippen LogP) is 1.43. The number of amides is 4. The van der Waals surface area contributed by atoms with Gasteiger partial charge in [-0.25, -0.2) is 0 Å². The van der Waals surface area contributed by atoms with Crippen molar-refractivity contribution in [1.29, 1.82) is 0 Å². The van der Waals surface area contributed by atoms with Crippen molar-refractivity contribution in [1.82, 2.24) is 14.7 Å². The van der Waals surface area contributed by atoms with Gasteiger partial charge in [-0.3, -0.25) is 24.1 Å². The second-order valence-electron chi connectivity index (χ2n) is 6.20. The van der Waals surface area contributed by atoms with E-state index in [0.29, 0.717) is 41.8 Å². The number of imide groups is 1. The first-order valence-electron chi connectivity index (χ1n) is 8.21. The molecule has 1 aromatic carbocycles. The molecule has 2 heterocycles. The second kappa shape index (κ2) is 7.63. The topological polar surface area (TPSA) is 78.0 Å². The number of benzene rings is 1. The molecule has 0 radical (unpaired) electrons. The molecule has 2 aliphatic heterocycles. The van der Waals surface area contributed by atoms with E-state index in [9.17, 15) is 19.2 Å². The van der Waals surface area contributed by atoms with E-state index in [1.54, 1.807) is 28.0 Å². The number of carbonyl (C=O) groups excluding carboxylic acids is 4. The normalized spacial score (nSPS) is 17.8. The standard InChI is InChI=1S/C17H17Cl2N3O4/c18-12-7-11(8-13(19)9-12)17(26)21-5-3-20(4-6-21)16(25)10-22-14(23)1-2-15(22)24/h7-9H,1-6,10H2. The lowest BCUT2D eigenvalue weighted by atomic mass is 10.2. The summed E-state index contributed by atoms with van der Waals surface area (Å²) in [6, 6.07) is 4.66. The van der Waals surface area contributed by atoms with Crippen molar-refractivity contribution in [3.05, 3.63) is 33.8 Å². The van der Waals surface area contributed by atoms with E-state index in [1.165, 1.54) is 0 Å². The van der Waals surface area contributed by atoms with Crippen LogP contribution in [0.25, 0.3) is 0 Å². The van der Waals surface area contributed by atoms with Gasteiger partial charge in [0.1, 0.15) is 6.54 Å². The zero-order valence-electron chi connectivity index (χ0n) is 13.9. The summed E-state index contributed by atoms with van der Waals surface area (Å²) in [7, 11) is 0. The number of carbonyl (C=O) groups is 4. The number of piperazine rings is 1. The third kappa shape index (κ3) is 3.99. The maximum atomic E-state index is 12.6. The highest BCUT2D eigenvalue weighted by Crippen LogP contribution is 2.21. The number of hydrogen-bond acceptors (Lipinski definition) is 4. The molecule has 3 rings (SSSR count). The van der Waals surface area contributed by atoms with Crippen molar-refractivity contribution in [3.8, 4) is 0 Å². The summed E-state index contributed by atoms with van der Waals surface area (Å²) in [5.74, 6) is -1.11. The molecule has 138 valence electrons. The molecule has 0 aliphatic carbocycles. The third-order valence-corrected chi connectivity index (χ3v) is 4.91. The summed E-state index contributed by atoms with van der Waals surface area (Å²) in [6.45, 7) is 1.17. The summed E-state index contributed by atoms with van der Waals surface area (Å²) in [4.78, 5) is 52.3. The first-order valence-corrected chi connectivity index (χ1v) is 8.97. The molecule has 7 nitrogen and oxygen atoms in total. The van der Waals surface area contributed by atoms with Gasteiger partial charge in [0.25, 0.3) is 5.91 Å². The first kappa shape index (κ1) is 18.7. The minimum absolute atomic E-state index is 0.163. The zero-order chi connectivity index (χ0) is 18.8. The Morgan fingerprint density at radius 2 is 1.35 bits per heavy atom. The van der Waals surface area contributed by atoms with Gasteiger partial charge in [-0.1, -0.05) is 23.2 Å². The second-order valence-corrected chi connectivity index (χ2v) is 7.08. The Balaban J connectivity index is 1.56. The molecule has 2 fully saturated rings. The van der Waals surface area contributed by atoms with Gasteiger partial charge >= 0.3 is 0 Å². The molecule has 0 unspecified atom stereocenters. The van der Waals surface area contributed by atoms with E-state index < -0.39 is 0 Å². The molecule has 0 aromatic heterocycles. The van der Waals surface area contributed by atoms with Crippen LogP contribution in [0.5, 0.6) is 0 Å². The van der Waals surface area contributed by atoms with Crippen molar-refractivity contribution in [2.24, 2.45) is 0 Å². The molecule has 0 atom stereocenters. The first-order chi connectivity index (χ1) is 12.3. The van der Waals surface area contributed by atoms with Crippen LogP contribution in [0.1, 0.15) is 23.2 Å². The molecular formula is C17H17Cl2N3O4.